The monoisotopic (exact) mass is 442 g/mol. The van der Waals surface area contributed by atoms with Crippen molar-refractivity contribution in [1.82, 2.24) is 5.32 Å². The maximum absolute atomic E-state index is 13.6. The first kappa shape index (κ1) is 19.9. The molecule has 3 aliphatic heterocycles. The minimum Gasteiger partial charge on any atom is -0.373 e. The standard InChI is InChI=1S/C24H30N2O4S/c27-21(25-13-7-3-1-4-8-13)18-14-9-5-2-6-10-17(14)31-24(18)26-22(28)19-15-11-12-16(30-15)20(19)23(26)29/h13,15-16,19-20H,1-12H2,(H,25,27). The quantitative estimate of drug-likeness (QED) is 0.571. The Labute approximate surface area is 186 Å². The van der Waals surface area contributed by atoms with Crippen molar-refractivity contribution in [3.8, 4) is 0 Å². The lowest BCUT2D eigenvalue weighted by Crippen LogP contribution is -2.39. The average molecular weight is 443 g/mol. The van der Waals surface area contributed by atoms with E-state index in [1.54, 1.807) is 0 Å². The van der Waals surface area contributed by atoms with Crippen molar-refractivity contribution in [2.24, 2.45) is 11.8 Å². The molecule has 6 nitrogen and oxygen atoms in total. The van der Waals surface area contributed by atoms with Crippen LogP contribution in [0.25, 0.3) is 0 Å². The van der Waals surface area contributed by atoms with Gasteiger partial charge in [0.25, 0.3) is 5.91 Å². The maximum Gasteiger partial charge on any atom is 0.254 e. The van der Waals surface area contributed by atoms with Gasteiger partial charge in [0.05, 0.1) is 29.6 Å². The minimum absolute atomic E-state index is 0.0850. The zero-order valence-electron chi connectivity index (χ0n) is 17.9. The number of hydrogen-bond donors (Lipinski definition) is 1. The van der Waals surface area contributed by atoms with Crippen LogP contribution < -0.4 is 10.2 Å². The molecule has 166 valence electrons. The number of aryl methyl sites for hydroxylation is 1. The highest BCUT2D eigenvalue weighted by Crippen LogP contribution is 2.51. The van der Waals surface area contributed by atoms with Crippen LogP contribution in [0.3, 0.4) is 0 Å². The molecule has 1 aromatic rings. The van der Waals surface area contributed by atoms with Crippen LogP contribution >= 0.6 is 11.3 Å². The van der Waals surface area contributed by atoms with Crippen LogP contribution in [0.15, 0.2) is 0 Å². The topological polar surface area (TPSA) is 75.7 Å². The Balaban J connectivity index is 1.38. The number of nitrogens with one attached hydrogen (secondary N) is 1. The van der Waals surface area contributed by atoms with E-state index in [1.807, 2.05) is 0 Å². The molecular formula is C24H30N2O4S. The summed E-state index contributed by atoms with van der Waals surface area (Å²) in [6.07, 6.45) is 12.1. The molecule has 3 saturated heterocycles. The molecule has 4 heterocycles. The van der Waals surface area contributed by atoms with E-state index in [2.05, 4.69) is 5.32 Å². The second kappa shape index (κ2) is 7.69. The summed E-state index contributed by atoms with van der Waals surface area (Å²) in [5, 5.41) is 3.85. The third kappa shape index (κ3) is 3.10. The Hall–Kier alpha value is -1.73. The molecule has 1 saturated carbocycles. The minimum atomic E-state index is -0.359. The summed E-state index contributed by atoms with van der Waals surface area (Å²) >= 11 is 1.51. The number of nitrogens with zero attached hydrogens (tertiary/aromatic N) is 1. The number of fused-ring (bicyclic) bond motifs is 6. The summed E-state index contributed by atoms with van der Waals surface area (Å²) < 4.78 is 5.90. The zero-order valence-corrected chi connectivity index (χ0v) is 18.7. The predicted octanol–water partition coefficient (Wildman–Crippen LogP) is 3.75. The fraction of sp³-hybridized carbons (Fsp3) is 0.708. The van der Waals surface area contributed by atoms with Gasteiger partial charge in [0.1, 0.15) is 5.00 Å². The molecule has 0 radical (unpaired) electrons. The average Bonchev–Trinajstić information content (AvgIpc) is 3.48. The van der Waals surface area contributed by atoms with Gasteiger partial charge in [0.2, 0.25) is 11.8 Å². The number of rotatable bonds is 3. The van der Waals surface area contributed by atoms with Crippen LogP contribution in [0.4, 0.5) is 5.00 Å². The van der Waals surface area contributed by atoms with Crippen molar-refractivity contribution in [1.29, 1.82) is 0 Å². The predicted molar refractivity (Wildman–Crippen MR) is 117 cm³/mol. The fourth-order valence-electron chi connectivity index (χ4n) is 6.54. The van der Waals surface area contributed by atoms with Crippen molar-refractivity contribution >= 4 is 34.1 Å². The molecule has 0 spiro atoms. The normalized spacial score (nSPS) is 32.8. The van der Waals surface area contributed by atoms with Crippen LogP contribution in [-0.4, -0.2) is 36.0 Å². The molecule has 1 aromatic heterocycles. The summed E-state index contributed by atoms with van der Waals surface area (Å²) in [6, 6.07) is 0.198. The number of anilines is 1. The third-order valence-electron chi connectivity index (χ3n) is 8.06. The Morgan fingerprint density at radius 3 is 2.23 bits per heavy atom. The lowest BCUT2D eigenvalue weighted by Gasteiger charge is -2.24. The summed E-state index contributed by atoms with van der Waals surface area (Å²) in [7, 11) is 0. The maximum atomic E-state index is 13.6. The molecule has 5 aliphatic rings. The van der Waals surface area contributed by atoms with Gasteiger partial charge in [-0.05, 0) is 56.9 Å². The van der Waals surface area contributed by atoms with Crippen LogP contribution in [0, 0.1) is 11.8 Å². The third-order valence-corrected chi connectivity index (χ3v) is 9.33. The molecule has 4 fully saturated rings. The highest BCUT2D eigenvalue weighted by molar-refractivity contribution is 7.17. The van der Waals surface area contributed by atoms with Gasteiger partial charge in [0, 0.05) is 10.9 Å². The van der Waals surface area contributed by atoms with Crippen molar-refractivity contribution in [2.45, 2.75) is 95.3 Å². The van der Waals surface area contributed by atoms with E-state index in [-0.39, 0.29) is 47.8 Å². The first-order valence-electron chi connectivity index (χ1n) is 12.1. The first-order valence-corrected chi connectivity index (χ1v) is 12.9. The number of ether oxygens (including phenoxy) is 1. The summed E-state index contributed by atoms with van der Waals surface area (Å²) in [5.41, 5.74) is 1.70. The molecule has 7 heteroatoms. The van der Waals surface area contributed by atoms with Gasteiger partial charge >= 0.3 is 0 Å². The smallest absolute Gasteiger partial charge is 0.254 e. The van der Waals surface area contributed by atoms with Gasteiger partial charge < -0.3 is 10.1 Å². The van der Waals surface area contributed by atoms with E-state index in [9.17, 15) is 14.4 Å². The molecule has 31 heavy (non-hydrogen) atoms. The molecule has 0 aromatic carbocycles. The zero-order chi connectivity index (χ0) is 21.1. The highest BCUT2D eigenvalue weighted by atomic mass is 32.1. The van der Waals surface area contributed by atoms with E-state index in [0.29, 0.717) is 10.6 Å². The van der Waals surface area contributed by atoms with Gasteiger partial charge in [-0.3, -0.25) is 14.4 Å². The van der Waals surface area contributed by atoms with Gasteiger partial charge in [-0.25, -0.2) is 4.90 Å². The summed E-state index contributed by atoms with van der Waals surface area (Å²) in [4.78, 5) is 43.0. The Bertz CT molecular complexity index is 906. The van der Waals surface area contributed by atoms with E-state index >= 15 is 0 Å². The Kier molecular flexibility index (Phi) is 4.94. The Morgan fingerprint density at radius 1 is 0.871 bits per heavy atom. The number of carbonyl (C=O) groups excluding carboxylic acids is 3. The molecule has 4 atom stereocenters. The number of hydrogen-bond acceptors (Lipinski definition) is 5. The van der Waals surface area contributed by atoms with Gasteiger partial charge in [-0.2, -0.15) is 0 Å². The number of carbonyl (C=O) groups is 3. The molecule has 2 bridgehead atoms. The number of amides is 3. The molecule has 2 aliphatic carbocycles. The second-order valence-corrected chi connectivity index (χ2v) is 11.0. The Morgan fingerprint density at radius 2 is 1.52 bits per heavy atom. The van der Waals surface area contributed by atoms with Crippen molar-refractivity contribution in [2.75, 3.05) is 4.90 Å². The molecule has 6 rings (SSSR count). The largest absolute Gasteiger partial charge is 0.373 e. The highest BCUT2D eigenvalue weighted by Gasteiger charge is 2.63. The summed E-state index contributed by atoms with van der Waals surface area (Å²) in [6.45, 7) is 0. The number of thiophene rings is 1. The lowest BCUT2D eigenvalue weighted by atomic mass is 9.81. The van der Waals surface area contributed by atoms with Crippen LogP contribution in [-0.2, 0) is 27.2 Å². The van der Waals surface area contributed by atoms with Gasteiger partial charge in [-0.1, -0.05) is 25.7 Å². The van der Waals surface area contributed by atoms with Crippen molar-refractivity contribution < 1.29 is 19.1 Å². The number of imide groups is 1. The van der Waals surface area contributed by atoms with Crippen LogP contribution in [0.5, 0.6) is 0 Å². The molecule has 4 unspecified atom stereocenters. The van der Waals surface area contributed by atoms with Crippen LogP contribution in [0.1, 0.15) is 85.0 Å². The molecule has 1 N–H and O–H groups in total. The van der Waals surface area contributed by atoms with E-state index < -0.39 is 0 Å². The van der Waals surface area contributed by atoms with Gasteiger partial charge in [0.15, 0.2) is 0 Å². The van der Waals surface area contributed by atoms with Crippen molar-refractivity contribution in [3.63, 3.8) is 0 Å². The summed E-state index contributed by atoms with van der Waals surface area (Å²) in [5.74, 6) is -1.10. The first-order chi connectivity index (χ1) is 15.1. The lowest BCUT2D eigenvalue weighted by molar-refractivity contribution is -0.124. The van der Waals surface area contributed by atoms with E-state index in [0.717, 1.165) is 76.2 Å². The second-order valence-electron chi connectivity index (χ2n) is 9.91. The molecular weight excluding hydrogens is 412 g/mol. The van der Waals surface area contributed by atoms with Crippen molar-refractivity contribution in [3.05, 3.63) is 16.0 Å². The van der Waals surface area contributed by atoms with E-state index in [1.165, 1.54) is 27.5 Å². The fourth-order valence-corrected chi connectivity index (χ4v) is 7.93. The van der Waals surface area contributed by atoms with Crippen LogP contribution in [0.2, 0.25) is 0 Å². The van der Waals surface area contributed by atoms with E-state index in [4.69, 9.17) is 4.74 Å². The molecule has 3 amide bonds. The SMILES string of the molecule is O=C(NC1CCCCC1)c1c(N2C(=O)C3C4CCC(O4)C3C2=O)sc2c1CCCCC2. The van der Waals surface area contributed by atoms with Gasteiger partial charge in [-0.15, -0.1) is 11.3 Å².